The topological polar surface area (TPSA) is 139 Å². The molecule has 8 rings (SSSR count). The van der Waals surface area contributed by atoms with Crippen LogP contribution in [0.4, 0.5) is 47.3 Å². The van der Waals surface area contributed by atoms with E-state index in [1.165, 1.54) is 43.9 Å². The number of alkyl halides is 6. The van der Waals surface area contributed by atoms with Gasteiger partial charge in [-0.2, -0.15) is 36.9 Å². The molecule has 0 aliphatic carbocycles. The number of hydrogen-bond acceptors (Lipinski definition) is 7. The van der Waals surface area contributed by atoms with Crippen molar-refractivity contribution in [3.63, 3.8) is 0 Å². The van der Waals surface area contributed by atoms with Gasteiger partial charge in [0.25, 0.3) is 11.8 Å². The lowest BCUT2D eigenvalue weighted by Crippen LogP contribution is -2.51. The first-order valence-corrected chi connectivity index (χ1v) is 25.6. The van der Waals surface area contributed by atoms with Crippen molar-refractivity contribution < 1.29 is 54.5 Å². The van der Waals surface area contributed by atoms with Crippen molar-refractivity contribution in [3.8, 4) is 12.1 Å². The van der Waals surface area contributed by atoms with Gasteiger partial charge in [0.05, 0.1) is 162 Å². The van der Waals surface area contributed by atoms with Gasteiger partial charge in [-0.15, -0.1) is 0 Å². The average molecular weight is 1080 g/mol. The van der Waals surface area contributed by atoms with Crippen LogP contribution in [0.2, 0.25) is 0 Å². The number of urea groups is 2. The largest absolute Gasteiger partial charge is 0.416 e. The first-order chi connectivity index (χ1) is 36.7. The first kappa shape index (κ1) is 56.5. The summed E-state index contributed by atoms with van der Waals surface area (Å²) in [6, 6.07) is 22.9. The zero-order valence-corrected chi connectivity index (χ0v) is 44.7. The number of carbonyl (C=O) groups is 4. The molecular formula is C57H63F6N11O4+2. The van der Waals surface area contributed by atoms with Gasteiger partial charge in [0.2, 0.25) is 0 Å². The number of hydrogen-bond donors (Lipinski definition) is 0. The van der Waals surface area contributed by atoms with Crippen LogP contribution in [0, 0.1) is 22.7 Å². The molecule has 0 spiro atoms. The van der Waals surface area contributed by atoms with Crippen LogP contribution in [0.1, 0.15) is 58.3 Å². The molecule has 4 aliphatic rings. The molecule has 78 heavy (non-hydrogen) atoms. The number of amides is 6. The fourth-order valence-electron chi connectivity index (χ4n) is 10.3. The minimum absolute atomic E-state index is 0.0235. The molecule has 4 aliphatic heterocycles. The van der Waals surface area contributed by atoms with Crippen LogP contribution in [0.15, 0.2) is 120 Å². The van der Waals surface area contributed by atoms with E-state index < -0.39 is 47.6 Å². The van der Waals surface area contributed by atoms with Gasteiger partial charge in [0, 0.05) is 13.1 Å². The smallest absolute Gasteiger partial charge is 0.329 e. The Hall–Kier alpha value is -7.72. The molecule has 6 amide bonds. The second kappa shape index (κ2) is 22.0. The van der Waals surface area contributed by atoms with Crippen LogP contribution in [-0.4, -0.2) is 172 Å². The molecule has 2 atom stereocenters. The van der Waals surface area contributed by atoms with Gasteiger partial charge in [-0.05, 0) is 105 Å². The second-order valence-corrected chi connectivity index (χ2v) is 22.2. The first-order valence-electron chi connectivity index (χ1n) is 25.6. The molecule has 0 N–H and O–H groups in total. The summed E-state index contributed by atoms with van der Waals surface area (Å²) in [5, 5.41) is 19.3. The Morgan fingerprint density at radius 1 is 0.551 bits per heavy atom. The number of rotatable bonds is 18. The molecule has 4 aromatic carbocycles. The van der Waals surface area contributed by atoms with Gasteiger partial charge in [0.15, 0.2) is 0 Å². The van der Waals surface area contributed by atoms with E-state index in [0.29, 0.717) is 83.3 Å². The lowest BCUT2D eigenvalue weighted by molar-refractivity contribution is -0.869. The quantitative estimate of drug-likeness (QED) is 0.0721. The van der Waals surface area contributed by atoms with E-state index >= 15 is 9.59 Å². The van der Waals surface area contributed by atoms with Crippen LogP contribution >= 0.6 is 0 Å². The van der Waals surface area contributed by atoms with Crippen LogP contribution < -0.4 is 9.80 Å². The van der Waals surface area contributed by atoms with Crippen LogP contribution in [0.5, 0.6) is 0 Å². The molecule has 410 valence electrons. The Morgan fingerprint density at radius 3 is 1.23 bits per heavy atom. The van der Waals surface area contributed by atoms with Crippen molar-refractivity contribution in [3.05, 3.63) is 153 Å². The number of nitrogens with zero attached hydrogens (tertiary/aromatic N) is 11. The number of quaternary nitrogens is 2. The highest BCUT2D eigenvalue weighted by Crippen LogP contribution is 2.46. The third kappa shape index (κ3) is 12.0. The number of likely N-dealkylation sites (N-methyl/N-ethyl adjacent to an activating group) is 2. The number of nitriles is 2. The van der Waals surface area contributed by atoms with Gasteiger partial charge in [-0.25, -0.2) is 9.59 Å². The SMILES string of the molecule is CN(CCCN1C(=O)N(c2cccc(C(F)(F)F)c2)C2=C(C(=O)N(CC[N+](C)(C)C)C2)[C@@H]1c1ccc(C#N)cc1)CCCN1C(=O)N(c2cccc(C(F)(F)F)c2)C2=C(C(=O)N(CC[N+](C)(C)C)C2)[C@@H]1c1ccc(C#N)cc1. The average Bonchev–Trinajstić information content (AvgIpc) is 4.07. The maximum atomic E-state index is 15.1. The van der Waals surface area contributed by atoms with Crippen molar-refractivity contribution in [2.45, 2.75) is 37.3 Å². The summed E-state index contributed by atoms with van der Waals surface area (Å²) in [6.07, 6.45) is -8.83. The lowest BCUT2D eigenvalue weighted by atomic mass is 9.92. The number of halogens is 6. The fraction of sp³-hybridized carbons (Fsp3) is 0.404. The zero-order valence-electron chi connectivity index (χ0n) is 44.7. The summed E-state index contributed by atoms with van der Waals surface area (Å²) < 4.78 is 86.3. The van der Waals surface area contributed by atoms with E-state index in [0.717, 1.165) is 24.3 Å². The molecule has 0 unspecified atom stereocenters. The fourth-order valence-corrected chi connectivity index (χ4v) is 10.3. The predicted molar refractivity (Wildman–Crippen MR) is 280 cm³/mol. The molecule has 4 heterocycles. The van der Waals surface area contributed by atoms with Gasteiger partial charge in [-0.1, -0.05) is 36.4 Å². The lowest BCUT2D eigenvalue weighted by Gasteiger charge is -2.42. The van der Waals surface area contributed by atoms with E-state index in [9.17, 15) is 46.5 Å². The van der Waals surface area contributed by atoms with E-state index in [1.807, 2.05) is 54.2 Å². The predicted octanol–water partition coefficient (Wildman–Crippen LogP) is 8.45. The number of carbonyl (C=O) groups excluding carboxylic acids is 4. The zero-order chi connectivity index (χ0) is 56.6. The molecule has 0 saturated heterocycles. The molecule has 21 heteroatoms. The third-order valence-electron chi connectivity index (χ3n) is 14.5. The maximum absolute atomic E-state index is 15.1. The minimum Gasteiger partial charge on any atom is -0.329 e. The molecule has 4 aromatic rings. The highest BCUT2D eigenvalue weighted by atomic mass is 19.4. The van der Waals surface area contributed by atoms with E-state index in [2.05, 4.69) is 12.1 Å². The Kier molecular flexibility index (Phi) is 15.9. The normalized spacial score (nSPS) is 18.4. The summed E-state index contributed by atoms with van der Waals surface area (Å²) in [5.74, 6) is -0.728. The number of benzene rings is 4. The third-order valence-corrected chi connectivity index (χ3v) is 14.5. The summed E-state index contributed by atoms with van der Waals surface area (Å²) in [6.45, 7) is 2.41. The summed E-state index contributed by atoms with van der Waals surface area (Å²) >= 11 is 0. The van der Waals surface area contributed by atoms with Crippen molar-refractivity contribution >= 4 is 35.3 Å². The highest BCUT2D eigenvalue weighted by molar-refractivity contribution is 6.08. The molecule has 0 aromatic heterocycles. The van der Waals surface area contributed by atoms with Crippen LogP contribution in [0.3, 0.4) is 0 Å². The van der Waals surface area contributed by atoms with Crippen molar-refractivity contribution in [1.29, 1.82) is 10.5 Å². The Bertz CT molecular complexity index is 2900. The van der Waals surface area contributed by atoms with E-state index in [-0.39, 0.29) is 71.9 Å². The minimum atomic E-state index is -4.72. The van der Waals surface area contributed by atoms with Gasteiger partial charge < -0.3 is 33.5 Å². The van der Waals surface area contributed by atoms with Gasteiger partial charge in [-0.3, -0.25) is 19.4 Å². The summed E-state index contributed by atoms with van der Waals surface area (Å²) in [7, 11) is 13.6. The van der Waals surface area contributed by atoms with E-state index in [4.69, 9.17) is 0 Å². The molecule has 0 radical (unpaired) electrons. The highest BCUT2D eigenvalue weighted by Gasteiger charge is 2.51. The molecular weight excluding hydrogens is 1020 g/mol. The van der Waals surface area contributed by atoms with Crippen molar-refractivity contribution in [2.24, 2.45) is 0 Å². The molecule has 0 bridgehead atoms. The Labute approximate surface area is 450 Å². The molecule has 0 saturated carbocycles. The number of anilines is 2. The monoisotopic (exact) mass is 1080 g/mol. The van der Waals surface area contributed by atoms with Crippen molar-refractivity contribution in [1.82, 2.24) is 24.5 Å². The summed E-state index contributed by atoms with van der Waals surface area (Å²) in [4.78, 5) is 70.1. The second-order valence-electron chi connectivity index (χ2n) is 22.2. The standard InChI is InChI=1S/C57H63F6N11O4/c1-66(24-10-26-69-50(40-20-16-38(34-64)17-21-40)48-46(36-67(52(48)75)28-30-73(2,3)4)71(54(69)77)44-14-8-12-42(32-44)56(58,59)60)25-11-27-70-51(41-22-18-39(35-65)19-23-41)49-47(37-68(53(49)76)29-31-74(5,6)7)72(55(70)78)45-15-9-13-43(33-45)57(61,62)63/h8-9,12-23,32-33,50-51H,10-11,24-31,36-37H2,1-7H3/q+2/t50-,51-/m0/s1. The van der Waals surface area contributed by atoms with Gasteiger partial charge >= 0.3 is 24.4 Å². The van der Waals surface area contributed by atoms with Crippen molar-refractivity contribution in [2.75, 3.05) is 125 Å². The van der Waals surface area contributed by atoms with Crippen LogP contribution in [-0.2, 0) is 21.9 Å². The maximum Gasteiger partial charge on any atom is 0.416 e. The van der Waals surface area contributed by atoms with E-state index in [1.54, 1.807) is 58.3 Å². The Balaban J connectivity index is 1.08. The van der Waals surface area contributed by atoms with Crippen LogP contribution in [0.25, 0.3) is 0 Å². The van der Waals surface area contributed by atoms with Gasteiger partial charge in [0.1, 0.15) is 0 Å². The Morgan fingerprint density at radius 2 is 0.910 bits per heavy atom. The molecule has 0 fully saturated rings. The molecule has 15 nitrogen and oxygen atoms in total. The summed E-state index contributed by atoms with van der Waals surface area (Å²) in [5.41, 5.74) is 0.735.